The predicted octanol–water partition coefficient (Wildman–Crippen LogP) is 1.51. The molecule has 0 spiro atoms. The number of amides is 2. The summed E-state index contributed by atoms with van der Waals surface area (Å²) in [6.45, 7) is 2.18. The number of carbonyl (C=O) groups is 3. The van der Waals surface area contributed by atoms with E-state index >= 15 is 0 Å². The topological polar surface area (TPSA) is 122 Å². The quantitative estimate of drug-likeness (QED) is 0.585. The van der Waals surface area contributed by atoms with E-state index in [2.05, 4.69) is 5.32 Å². The molecule has 1 N–H and O–H groups in total. The standard InChI is InChI=1S/C23H27N3O7S/c1-16-4-9-19(34(30,31)26-10-12-32-13-11-26)14-20(16)23(29)33-15-21(27)24-18-7-5-17(6-8-18)22(28)25(2)3/h4-9,14H,10-13,15H2,1-3H3,(H,24,27). The molecule has 182 valence electrons. The molecule has 11 heteroatoms. The normalized spacial score (nSPS) is 14.3. The third-order valence-corrected chi connectivity index (χ3v) is 7.09. The number of nitrogens with one attached hydrogen (secondary N) is 1. The van der Waals surface area contributed by atoms with Gasteiger partial charge in [0.2, 0.25) is 10.0 Å². The minimum Gasteiger partial charge on any atom is -0.452 e. The second-order valence-electron chi connectivity index (χ2n) is 7.89. The van der Waals surface area contributed by atoms with Crippen LogP contribution in [0.5, 0.6) is 0 Å². The maximum absolute atomic E-state index is 12.9. The predicted molar refractivity (Wildman–Crippen MR) is 124 cm³/mol. The largest absolute Gasteiger partial charge is 0.452 e. The van der Waals surface area contributed by atoms with Gasteiger partial charge in [-0.2, -0.15) is 4.31 Å². The highest BCUT2D eigenvalue weighted by atomic mass is 32.2. The number of morpholine rings is 1. The van der Waals surface area contributed by atoms with Crippen LogP contribution in [0.2, 0.25) is 0 Å². The summed E-state index contributed by atoms with van der Waals surface area (Å²) in [5.74, 6) is -1.55. The molecule has 2 aromatic carbocycles. The van der Waals surface area contributed by atoms with Crippen LogP contribution in [0.4, 0.5) is 5.69 Å². The fourth-order valence-corrected chi connectivity index (χ4v) is 4.71. The van der Waals surface area contributed by atoms with Crippen molar-refractivity contribution in [3.05, 3.63) is 59.2 Å². The van der Waals surface area contributed by atoms with Crippen LogP contribution in [0.15, 0.2) is 47.4 Å². The van der Waals surface area contributed by atoms with Gasteiger partial charge in [0.1, 0.15) is 0 Å². The Morgan fingerprint density at radius 3 is 2.32 bits per heavy atom. The molecule has 0 bridgehead atoms. The first-order chi connectivity index (χ1) is 16.1. The van der Waals surface area contributed by atoms with Crippen LogP contribution in [-0.4, -0.2) is 82.4 Å². The molecule has 0 unspecified atom stereocenters. The number of hydrogen-bond donors (Lipinski definition) is 1. The van der Waals surface area contributed by atoms with Crippen LogP contribution in [-0.2, 0) is 24.3 Å². The van der Waals surface area contributed by atoms with Gasteiger partial charge in [-0.25, -0.2) is 13.2 Å². The van der Waals surface area contributed by atoms with Crippen molar-refractivity contribution in [1.82, 2.24) is 9.21 Å². The van der Waals surface area contributed by atoms with Crippen molar-refractivity contribution < 1.29 is 32.3 Å². The Labute approximate surface area is 198 Å². The van der Waals surface area contributed by atoms with Crippen LogP contribution in [0.25, 0.3) is 0 Å². The molecule has 0 aliphatic carbocycles. The Morgan fingerprint density at radius 1 is 1.06 bits per heavy atom. The van der Waals surface area contributed by atoms with Crippen LogP contribution in [0.3, 0.4) is 0 Å². The van der Waals surface area contributed by atoms with Crippen molar-refractivity contribution in [2.24, 2.45) is 0 Å². The molecule has 3 rings (SSSR count). The van der Waals surface area contributed by atoms with E-state index in [1.54, 1.807) is 45.3 Å². The molecule has 1 aliphatic heterocycles. The Bertz CT molecular complexity index is 1170. The smallest absolute Gasteiger partial charge is 0.338 e. The summed E-state index contributed by atoms with van der Waals surface area (Å²) in [5.41, 5.74) is 1.49. The van der Waals surface area contributed by atoms with Crippen molar-refractivity contribution in [1.29, 1.82) is 0 Å². The second-order valence-corrected chi connectivity index (χ2v) is 9.83. The number of sulfonamides is 1. The molecule has 1 fully saturated rings. The summed E-state index contributed by atoms with van der Waals surface area (Å²) < 4.78 is 37.4. The molecule has 34 heavy (non-hydrogen) atoms. The Balaban J connectivity index is 1.62. The number of esters is 1. The number of benzene rings is 2. The fraction of sp³-hybridized carbons (Fsp3) is 0.348. The van der Waals surface area contributed by atoms with Crippen molar-refractivity contribution >= 4 is 33.5 Å². The number of anilines is 1. The molecule has 10 nitrogen and oxygen atoms in total. The maximum atomic E-state index is 12.9. The zero-order valence-electron chi connectivity index (χ0n) is 19.2. The van der Waals surface area contributed by atoms with E-state index in [4.69, 9.17) is 9.47 Å². The Hall–Kier alpha value is -3.28. The first-order valence-electron chi connectivity index (χ1n) is 10.6. The molecule has 0 saturated carbocycles. The van der Waals surface area contributed by atoms with Crippen LogP contribution >= 0.6 is 0 Å². The van der Waals surface area contributed by atoms with Crippen LogP contribution in [0, 0.1) is 6.92 Å². The summed E-state index contributed by atoms with van der Waals surface area (Å²) in [4.78, 5) is 38.1. The number of rotatable bonds is 7. The SMILES string of the molecule is Cc1ccc(S(=O)(=O)N2CCOCC2)cc1C(=O)OCC(=O)Nc1ccc(C(=O)N(C)C)cc1. The Kier molecular flexibility index (Phi) is 8.02. The van der Waals surface area contributed by atoms with Gasteiger partial charge in [0.05, 0.1) is 23.7 Å². The lowest BCUT2D eigenvalue weighted by atomic mass is 10.1. The van der Waals surface area contributed by atoms with Gasteiger partial charge in [-0.05, 0) is 48.9 Å². The van der Waals surface area contributed by atoms with Gasteiger partial charge in [-0.1, -0.05) is 6.07 Å². The molecular formula is C23H27N3O7S. The molecule has 2 amide bonds. The molecule has 1 heterocycles. The highest BCUT2D eigenvalue weighted by molar-refractivity contribution is 7.89. The van der Waals surface area contributed by atoms with E-state index in [9.17, 15) is 22.8 Å². The van der Waals surface area contributed by atoms with Gasteiger partial charge in [0, 0.05) is 38.4 Å². The van der Waals surface area contributed by atoms with E-state index in [0.717, 1.165) is 0 Å². The Morgan fingerprint density at radius 2 is 1.71 bits per heavy atom. The van der Waals surface area contributed by atoms with Crippen LogP contribution in [0.1, 0.15) is 26.3 Å². The second kappa shape index (κ2) is 10.8. The average molecular weight is 490 g/mol. The van der Waals surface area contributed by atoms with Crippen molar-refractivity contribution in [2.45, 2.75) is 11.8 Å². The number of hydrogen-bond acceptors (Lipinski definition) is 7. The lowest BCUT2D eigenvalue weighted by Gasteiger charge is -2.26. The zero-order chi connectivity index (χ0) is 24.9. The van der Waals surface area contributed by atoms with E-state index in [-0.39, 0.29) is 29.5 Å². The molecule has 0 aromatic heterocycles. The number of ether oxygens (including phenoxy) is 2. The van der Waals surface area contributed by atoms with Gasteiger partial charge >= 0.3 is 5.97 Å². The molecule has 1 aliphatic rings. The van der Waals surface area contributed by atoms with Gasteiger partial charge in [-0.15, -0.1) is 0 Å². The summed E-state index contributed by atoms with van der Waals surface area (Å²) in [6, 6.07) is 10.5. The number of nitrogens with zero attached hydrogens (tertiary/aromatic N) is 2. The van der Waals surface area contributed by atoms with Crippen molar-refractivity contribution in [3.63, 3.8) is 0 Å². The van der Waals surface area contributed by atoms with E-state index in [0.29, 0.717) is 30.0 Å². The fourth-order valence-electron chi connectivity index (χ4n) is 3.28. The highest BCUT2D eigenvalue weighted by Gasteiger charge is 2.27. The van der Waals surface area contributed by atoms with E-state index in [1.165, 1.54) is 27.4 Å². The van der Waals surface area contributed by atoms with Crippen LogP contribution < -0.4 is 5.32 Å². The average Bonchev–Trinajstić information content (AvgIpc) is 2.83. The number of aryl methyl sites for hydroxylation is 1. The third-order valence-electron chi connectivity index (χ3n) is 5.19. The first-order valence-corrected chi connectivity index (χ1v) is 12.0. The molecule has 0 radical (unpaired) electrons. The summed E-state index contributed by atoms with van der Waals surface area (Å²) >= 11 is 0. The summed E-state index contributed by atoms with van der Waals surface area (Å²) in [6.07, 6.45) is 0. The van der Waals surface area contributed by atoms with Crippen molar-refractivity contribution in [2.75, 3.05) is 52.3 Å². The summed E-state index contributed by atoms with van der Waals surface area (Å²) in [5, 5.41) is 2.58. The number of carbonyl (C=O) groups excluding carboxylic acids is 3. The van der Waals surface area contributed by atoms with Gasteiger partial charge in [-0.3, -0.25) is 9.59 Å². The molecule has 1 saturated heterocycles. The van der Waals surface area contributed by atoms with Gasteiger partial charge < -0.3 is 19.7 Å². The molecule has 0 atom stereocenters. The van der Waals surface area contributed by atoms with E-state index in [1.807, 2.05) is 0 Å². The lowest BCUT2D eigenvalue weighted by molar-refractivity contribution is -0.119. The highest BCUT2D eigenvalue weighted by Crippen LogP contribution is 2.21. The molecular weight excluding hydrogens is 462 g/mol. The lowest BCUT2D eigenvalue weighted by Crippen LogP contribution is -2.40. The first kappa shape index (κ1) is 25.3. The monoisotopic (exact) mass is 489 g/mol. The third kappa shape index (κ3) is 5.99. The van der Waals surface area contributed by atoms with Crippen molar-refractivity contribution in [3.8, 4) is 0 Å². The minimum atomic E-state index is -3.78. The maximum Gasteiger partial charge on any atom is 0.338 e. The zero-order valence-corrected chi connectivity index (χ0v) is 20.1. The summed E-state index contributed by atoms with van der Waals surface area (Å²) in [7, 11) is -0.501. The van der Waals surface area contributed by atoms with Gasteiger partial charge in [0.15, 0.2) is 6.61 Å². The van der Waals surface area contributed by atoms with Gasteiger partial charge in [0.25, 0.3) is 11.8 Å². The van der Waals surface area contributed by atoms with E-state index < -0.39 is 28.5 Å². The molecule has 2 aromatic rings. The minimum absolute atomic E-state index is 0.0243.